The van der Waals surface area contributed by atoms with E-state index in [-0.39, 0.29) is 11.0 Å². The van der Waals surface area contributed by atoms with Gasteiger partial charge >= 0.3 is 6.18 Å². The molecular weight excluding hydrogens is 263 g/mol. The summed E-state index contributed by atoms with van der Waals surface area (Å²) < 4.78 is 37.9. The van der Waals surface area contributed by atoms with E-state index >= 15 is 0 Å². The Bertz CT molecular complexity index is 442. The van der Waals surface area contributed by atoms with Crippen molar-refractivity contribution < 1.29 is 13.2 Å². The summed E-state index contributed by atoms with van der Waals surface area (Å²) in [5, 5.41) is 3.34. The Kier molecular flexibility index (Phi) is 4.90. The molecular formula is C16H24F3N. The molecule has 0 heterocycles. The largest absolute Gasteiger partial charge is 0.416 e. The number of hydrogen-bond donors (Lipinski definition) is 1. The highest BCUT2D eigenvalue weighted by molar-refractivity contribution is 5.25. The van der Waals surface area contributed by atoms with Crippen molar-refractivity contribution in [3.63, 3.8) is 0 Å². The van der Waals surface area contributed by atoms with E-state index in [0.29, 0.717) is 12.1 Å². The van der Waals surface area contributed by atoms with Crippen molar-refractivity contribution in [2.75, 3.05) is 0 Å². The molecule has 0 unspecified atom stereocenters. The summed E-state index contributed by atoms with van der Waals surface area (Å²) in [6, 6.07) is 5.48. The highest BCUT2D eigenvalue weighted by Crippen LogP contribution is 2.30. The van der Waals surface area contributed by atoms with E-state index in [4.69, 9.17) is 0 Å². The predicted octanol–water partition coefficient (Wildman–Crippen LogP) is 5.01. The third kappa shape index (κ3) is 5.95. The minimum atomic E-state index is -4.28. The van der Waals surface area contributed by atoms with E-state index in [1.54, 1.807) is 6.07 Å². The van der Waals surface area contributed by atoms with Gasteiger partial charge in [0.2, 0.25) is 0 Å². The third-order valence-corrected chi connectivity index (χ3v) is 3.00. The molecule has 0 amide bonds. The second-order valence-corrected chi connectivity index (χ2v) is 7.17. The van der Waals surface area contributed by atoms with Crippen molar-refractivity contribution in [3.05, 3.63) is 35.4 Å². The molecule has 114 valence electrons. The molecule has 0 bridgehead atoms. The molecule has 0 fully saturated rings. The molecule has 1 aromatic rings. The summed E-state index contributed by atoms with van der Waals surface area (Å²) in [5.41, 5.74) is 0.115. The van der Waals surface area contributed by atoms with Gasteiger partial charge in [-0.3, -0.25) is 0 Å². The first-order valence-electron chi connectivity index (χ1n) is 6.80. The van der Waals surface area contributed by atoms with Crippen molar-refractivity contribution in [2.45, 2.75) is 59.3 Å². The topological polar surface area (TPSA) is 12.0 Å². The van der Waals surface area contributed by atoms with Crippen molar-refractivity contribution >= 4 is 0 Å². The van der Waals surface area contributed by atoms with Crippen LogP contribution in [-0.4, -0.2) is 5.54 Å². The summed E-state index contributed by atoms with van der Waals surface area (Å²) in [6.07, 6.45) is -3.34. The number of benzene rings is 1. The summed E-state index contributed by atoms with van der Waals surface area (Å²) >= 11 is 0. The Hall–Kier alpha value is -1.03. The van der Waals surface area contributed by atoms with E-state index in [0.717, 1.165) is 12.5 Å². The van der Waals surface area contributed by atoms with Crippen LogP contribution in [0.15, 0.2) is 24.3 Å². The minimum absolute atomic E-state index is 0.119. The number of hydrogen-bond acceptors (Lipinski definition) is 1. The fourth-order valence-electron chi connectivity index (χ4n) is 2.59. The molecule has 1 nitrogen and oxygen atoms in total. The van der Waals surface area contributed by atoms with Crippen LogP contribution >= 0.6 is 0 Å². The first-order chi connectivity index (χ1) is 8.89. The summed E-state index contributed by atoms with van der Waals surface area (Å²) in [6.45, 7) is 11.0. The zero-order valence-electron chi connectivity index (χ0n) is 12.9. The van der Waals surface area contributed by atoms with E-state index < -0.39 is 11.7 Å². The normalized spacial score (nSPS) is 13.6. The molecule has 0 saturated carbocycles. The molecule has 1 N–H and O–H groups in total. The highest BCUT2D eigenvalue weighted by atomic mass is 19.4. The van der Waals surface area contributed by atoms with Crippen molar-refractivity contribution in [1.82, 2.24) is 5.32 Å². The van der Waals surface area contributed by atoms with Gasteiger partial charge < -0.3 is 5.32 Å². The lowest BCUT2D eigenvalue weighted by Crippen LogP contribution is -2.41. The maximum absolute atomic E-state index is 12.6. The zero-order chi connectivity index (χ0) is 15.6. The minimum Gasteiger partial charge on any atom is -0.308 e. The Balaban J connectivity index is 2.71. The van der Waals surface area contributed by atoms with Crippen LogP contribution in [0, 0.1) is 5.41 Å². The second-order valence-electron chi connectivity index (χ2n) is 7.17. The predicted molar refractivity (Wildman–Crippen MR) is 76.4 cm³/mol. The van der Waals surface area contributed by atoms with Crippen molar-refractivity contribution in [2.24, 2.45) is 5.41 Å². The number of halogens is 3. The fourth-order valence-corrected chi connectivity index (χ4v) is 2.59. The van der Waals surface area contributed by atoms with E-state index in [1.165, 1.54) is 12.1 Å². The average molecular weight is 287 g/mol. The maximum Gasteiger partial charge on any atom is 0.416 e. The van der Waals surface area contributed by atoms with Gasteiger partial charge in [0.1, 0.15) is 0 Å². The fraction of sp³-hybridized carbons (Fsp3) is 0.625. The summed E-state index contributed by atoms with van der Waals surface area (Å²) in [5.74, 6) is 0. The smallest absolute Gasteiger partial charge is 0.308 e. The Morgan fingerprint density at radius 2 is 1.60 bits per heavy atom. The Labute approximate surface area is 119 Å². The van der Waals surface area contributed by atoms with Gasteiger partial charge in [0.05, 0.1) is 5.56 Å². The maximum atomic E-state index is 12.6. The van der Waals surface area contributed by atoms with Gasteiger partial charge in [-0.25, -0.2) is 0 Å². The molecule has 1 aromatic carbocycles. The molecule has 0 radical (unpaired) electrons. The molecule has 0 spiro atoms. The molecule has 0 aliphatic heterocycles. The zero-order valence-corrected chi connectivity index (χ0v) is 12.9. The lowest BCUT2D eigenvalue weighted by Gasteiger charge is -2.33. The molecule has 0 saturated heterocycles. The quantitative estimate of drug-likeness (QED) is 0.820. The molecule has 4 heteroatoms. The molecule has 0 aliphatic rings. The van der Waals surface area contributed by atoms with Crippen LogP contribution in [0.1, 0.15) is 52.2 Å². The van der Waals surface area contributed by atoms with E-state index in [2.05, 4.69) is 39.9 Å². The molecule has 0 aromatic heterocycles. The lowest BCUT2D eigenvalue weighted by molar-refractivity contribution is -0.137. The van der Waals surface area contributed by atoms with Gasteiger partial charge in [0, 0.05) is 12.1 Å². The Morgan fingerprint density at radius 1 is 1.00 bits per heavy atom. The van der Waals surface area contributed by atoms with Crippen molar-refractivity contribution in [1.29, 1.82) is 0 Å². The molecule has 1 rings (SSSR count). The van der Waals surface area contributed by atoms with Gasteiger partial charge in [-0.05, 0) is 37.3 Å². The number of rotatable bonds is 4. The standard InChI is InChI=1S/C16H24F3N/c1-14(2,3)11-15(4,5)20-10-12-7-6-8-13(9-12)16(17,18)19/h6-9,20H,10-11H2,1-5H3. The van der Waals surface area contributed by atoms with Gasteiger partial charge in [0.25, 0.3) is 0 Å². The first-order valence-corrected chi connectivity index (χ1v) is 6.80. The average Bonchev–Trinajstić information content (AvgIpc) is 2.22. The van der Waals surface area contributed by atoms with Crippen molar-refractivity contribution in [3.8, 4) is 0 Å². The second kappa shape index (κ2) is 5.76. The van der Waals surface area contributed by atoms with E-state index in [9.17, 15) is 13.2 Å². The van der Waals surface area contributed by atoms with Gasteiger partial charge in [-0.1, -0.05) is 39.0 Å². The number of nitrogens with one attached hydrogen (secondary N) is 1. The SMILES string of the molecule is CC(C)(C)CC(C)(C)NCc1cccc(C(F)(F)F)c1. The van der Waals surface area contributed by atoms with Gasteiger partial charge in [-0.2, -0.15) is 13.2 Å². The van der Waals surface area contributed by atoms with E-state index in [1.807, 2.05) is 0 Å². The summed E-state index contributed by atoms with van der Waals surface area (Å²) in [4.78, 5) is 0. The third-order valence-electron chi connectivity index (χ3n) is 3.00. The highest BCUT2D eigenvalue weighted by Gasteiger charge is 2.30. The first kappa shape index (κ1) is 17.0. The van der Waals surface area contributed by atoms with Crippen LogP contribution < -0.4 is 5.32 Å². The van der Waals surface area contributed by atoms with Crippen LogP contribution in [0.25, 0.3) is 0 Å². The monoisotopic (exact) mass is 287 g/mol. The lowest BCUT2D eigenvalue weighted by atomic mass is 9.82. The number of alkyl halides is 3. The van der Waals surface area contributed by atoms with Crippen LogP contribution in [0.4, 0.5) is 13.2 Å². The van der Waals surface area contributed by atoms with Gasteiger partial charge in [-0.15, -0.1) is 0 Å². The van der Waals surface area contributed by atoms with Gasteiger partial charge in [0.15, 0.2) is 0 Å². The van der Waals surface area contributed by atoms with Crippen LogP contribution in [0.5, 0.6) is 0 Å². The van der Waals surface area contributed by atoms with Crippen LogP contribution in [-0.2, 0) is 12.7 Å². The van der Waals surface area contributed by atoms with Crippen LogP contribution in [0.2, 0.25) is 0 Å². The van der Waals surface area contributed by atoms with Crippen LogP contribution in [0.3, 0.4) is 0 Å². The molecule has 20 heavy (non-hydrogen) atoms. The molecule has 0 atom stereocenters. The molecule has 0 aliphatic carbocycles. The Morgan fingerprint density at radius 3 is 2.10 bits per heavy atom. The summed E-state index contributed by atoms with van der Waals surface area (Å²) in [7, 11) is 0.